The van der Waals surface area contributed by atoms with Crippen molar-refractivity contribution in [2.75, 3.05) is 19.8 Å². The van der Waals surface area contributed by atoms with Crippen LogP contribution in [-0.4, -0.2) is 46.2 Å². The molecule has 1 aromatic carbocycles. The van der Waals surface area contributed by atoms with Crippen molar-refractivity contribution in [2.45, 2.75) is 31.6 Å². The SMILES string of the molecule is CCN(C)C=Nc1cc(Br)c(Oc2cccc(S(C)(=O)=NC(=O)C3CC3)c2)nc1C. The third-order valence-corrected chi connectivity index (χ3v) is 6.87. The van der Waals surface area contributed by atoms with Gasteiger partial charge in [-0.2, -0.15) is 4.36 Å². The Morgan fingerprint density at radius 3 is 2.80 bits per heavy atom. The van der Waals surface area contributed by atoms with Crippen LogP contribution >= 0.6 is 15.9 Å². The van der Waals surface area contributed by atoms with Crippen molar-refractivity contribution < 1.29 is 13.7 Å². The number of benzene rings is 1. The quantitative estimate of drug-likeness (QED) is 0.403. The van der Waals surface area contributed by atoms with Crippen LogP contribution in [0.25, 0.3) is 0 Å². The molecule has 1 aliphatic rings. The summed E-state index contributed by atoms with van der Waals surface area (Å²) >= 11 is 3.48. The van der Waals surface area contributed by atoms with E-state index in [-0.39, 0.29) is 11.8 Å². The number of pyridine rings is 1. The van der Waals surface area contributed by atoms with E-state index < -0.39 is 9.73 Å². The second-order valence-corrected chi connectivity index (χ2v) is 10.4. The Kier molecular flexibility index (Phi) is 6.92. The summed E-state index contributed by atoms with van der Waals surface area (Å²) in [5, 5.41) is 0. The van der Waals surface area contributed by atoms with E-state index in [0.29, 0.717) is 21.0 Å². The van der Waals surface area contributed by atoms with E-state index in [1.54, 1.807) is 30.6 Å². The van der Waals surface area contributed by atoms with Gasteiger partial charge in [0.1, 0.15) is 5.75 Å². The van der Waals surface area contributed by atoms with E-state index in [2.05, 4.69) is 30.3 Å². The van der Waals surface area contributed by atoms with E-state index in [4.69, 9.17) is 4.74 Å². The molecule has 0 aliphatic heterocycles. The van der Waals surface area contributed by atoms with Gasteiger partial charge in [-0.15, -0.1) is 0 Å². The number of carbonyl (C=O) groups is 1. The fourth-order valence-electron chi connectivity index (χ4n) is 2.51. The van der Waals surface area contributed by atoms with Crippen molar-refractivity contribution >= 4 is 43.6 Å². The summed E-state index contributed by atoms with van der Waals surface area (Å²) < 4.78 is 23.5. The maximum atomic E-state index is 13.0. The van der Waals surface area contributed by atoms with Gasteiger partial charge >= 0.3 is 0 Å². The molecule has 1 aromatic heterocycles. The molecule has 0 N–H and O–H groups in total. The monoisotopic (exact) mass is 492 g/mol. The second kappa shape index (κ2) is 9.26. The van der Waals surface area contributed by atoms with Gasteiger partial charge in [-0.25, -0.2) is 14.2 Å². The van der Waals surface area contributed by atoms with Crippen molar-refractivity contribution in [3.8, 4) is 11.6 Å². The smallest absolute Gasteiger partial charge is 0.257 e. The molecule has 1 heterocycles. The van der Waals surface area contributed by atoms with Crippen LogP contribution in [0, 0.1) is 12.8 Å². The first-order valence-electron chi connectivity index (χ1n) is 9.65. The first kappa shape index (κ1) is 22.4. The minimum absolute atomic E-state index is 0.0633. The first-order chi connectivity index (χ1) is 14.2. The van der Waals surface area contributed by atoms with Crippen LogP contribution in [0.3, 0.4) is 0 Å². The van der Waals surface area contributed by atoms with Crippen LogP contribution in [0.2, 0.25) is 0 Å². The Labute approximate surface area is 185 Å². The molecule has 30 heavy (non-hydrogen) atoms. The molecule has 1 aliphatic carbocycles. The number of carbonyl (C=O) groups excluding carboxylic acids is 1. The highest BCUT2D eigenvalue weighted by molar-refractivity contribution is 9.10. The van der Waals surface area contributed by atoms with E-state index >= 15 is 0 Å². The van der Waals surface area contributed by atoms with E-state index in [9.17, 15) is 9.00 Å². The Morgan fingerprint density at radius 2 is 2.13 bits per heavy atom. The minimum atomic E-state index is -2.83. The molecule has 1 saturated carbocycles. The Morgan fingerprint density at radius 1 is 1.40 bits per heavy atom. The van der Waals surface area contributed by atoms with Gasteiger partial charge in [-0.3, -0.25) is 4.79 Å². The number of aryl methyl sites for hydroxylation is 1. The fourth-order valence-corrected chi connectivity index (χ4v) is 4.16. The minimum Gasteiger partial charge on any atom is -0.438 e. The van der Waals surface area contributed by atoms with Crippen LogP contribution in [0.5, 0.6) is 11.6 Å². The predicted molar refractivity (Wildman–Crippen MR) is 122 cm³/mol. The molecule has 160 valence electrons. The van der Waals surface area contributed by atoms with E-state index in [1.165, 1.54) is 6.26 Å². The summed E-state index contributed by atoms with van der Waals surface area (Å²) in [6, 6.07) is 8.64. The van der Waals surface area contributed by atoms with Crippen molar-refractivity contribution in [1.29, 1.82) is 0 Å². The topological polar surface area (TPSA) is 84.2 Å². The van der Waals surface area contributed by atoms with Crippen LogP contribution in [0.15, 0.2) is 49.1 Å². The fraction of sp³-hybridized carbons (Fsp3) is 0.381. The zero-order chi connectivity index (χ0) is 21.9. The third kappa shape index (κ3) is 5.66. The molecule has 0 spiro atoms. The summed E-state index contributed by atoms with van der Waals surface area (Å²) in [6.45, 7) is 4.76. The highest BCUT2D eigenvalue weighted by atomic mass is 79.9. The summed E-state index contributed by atoms with van der Waals surface area (Å²) in [7, 11) is -0.886. The van der Waals surface area contributed by atoms with Gasteiger partial charge in [0.15, 0.2) is 0 Å². The molecule has 9 heteroatoms. The highest BCUT2D eigenvalue weighted by Gasteiger charge is 2.30. The normalized spacial score (nSPS) is 15.6. The average molecular weight is 493 g/mol. The van der Waals surface area contributed by atoms with Crippen LogP contribution < -0.4 is 4.74 Å². The van der Waals surface area contributed by atoms with Gasteiger partial charge in [0.05, 0.1) is 36.8 Å². The largest absolute Gasteiger partial charge is 0.438 e. The number of halogens is 1. The molecule has 7 nitrogen and oxygen atoms in total. The van der Waals surface area contributed by atoms with Gasteiger partial charge in [0, 0.05) is 25.8 Å². The van der Waals surface area contributed by atoms with Crippen molar-refractivity contribution in [3.05, 3.63) is 40.5 Å². The Bertz CT molecular complexity index is 1110. The van der Waals surface area contributed by atoms with E-state index in [0.717, 1.165) is 30.8 Å². The molecule has 0 bridgehead atoms. The first-order valence-corrected chi connectivity index (χ1v) is 12.4. The maximum absolute atomic E-state index is 13.0. The lowest BCUT2D eigenvalue weighted by Crippen LogP contribution is -2.14. The predicted octanol–water partition coefficient (Wildman–Crippen LogP) is 4.95. The van der Waals surface area contributed by atoms with Gasteiger partial charge in [-0.05, 0) is 66.9 Å². The molecule has 0 radical (unpaired) electrons. The summed E-state index contributed by atoms with van der Waals surface area (Å²) in [5.74, 6) is 0.497. The third-order valence-electron chi connectivity index (χ3n) is 4.65. The molecular weight excluding hydrogens is 468 g/mol. The average Bonchev–Trinajstić information content (AvgIpc) is 3.54. The van der Waals surface area contributed by atoms with Crippen molar-refractivity contribution in [3.63, 3.8) is 0 Å². The zero-order valence-corrected chi connectivity index (χ0v) is 19.9. The number of hydrogen-bond acceptors (Lipinski definition) is 5. The molecule has 1 atom stereocenters. The van der Waals surface area contributed by atoms with Gasteiger partial charge in [-0.1, -0.05) is 6.07 Å². The van der Waals surface area contributed by atoms with Gasteiger partial charge < -0.3 is 9.64 Å². The van der Waals surface area contributed by atoms with Crippen LogP contribution in [0.4, 0.5) is 5.69 Å². The molecule has 0 saturated heterocycles. The van der Waals surface area contributed by atoms with E-state index in [1.807, 2.05) is 31.9 Å². The molecule has 3 rings (SSSR count). The number of aliphatic imine (C=N–C) groups is 1. The summed E-state index contributed by atoms with van der Waals surface area (Å²) in [4.78, 5) is 23.3. The maximum Gasteiger partial charge on any atom is 0.257 e. The van der Waals surface area contributed by atoms with Gasteiger partial charge in [0.25, 0.3) is 5.91 Å². The lowest BCUT2D eigenvalue weighted by molar-refractivity contribution is -0.118. The number of nitrogens with zero attached hydrogens (tertiary/aromatic N) is 4. The molecule has 1 amide bonds. The second-order valence-electron chi connectivity index (χ2n) is 7.28. The van der Waals surface area contributed by atoms with Crippen LogP contribution in [0.1, 0.15) is 25.5 Å². The van der Waals surface area contributed by atoms with Crippen LogP contribution in [-0.2, 0) is 14.5 Å². The van der Waals surface area contributed by atoms with Crippen molar-refractivity contribution in [2.24, 2.45) is 15.3 Å². The molecular formula is C21H25BrN4O3S. The number of amides is 1. The highest BCUT2D eigenvalue weighted by Crippen LogP contribution is 2.34. The van der Waals surface area contributed by atoms with Gasteiger partial charge in [0.2, 0.25) is 5.88 Å². The van der Waals surface area contributed by atoms with Crippen molar-refractivity contribution in [1.82, 2.24) is 9.88 Å². The number of rotatable bonds is 7. The number of ether oxygens (including phenoxy) is 1. The lowest BCUT2D eigenvalue weighted by atomic mass is 10.3. The molecule has 1 unspecified atom stereocenters. The zero-order valence-electron chi connectivity index (χ0n) is 17.5. The Hall–Kier alpha value is -2.26. The summed E-state index contributed by atoms with van der Waals surface area (Å²) in [6.07, 6.45) is 4.89. The lowest BCUT2D eigenvalue weighted by Gasteiger charge is -2.12. The Balaban J connectivity index is 1.84. The standard InChI is InChI=1S/C21H25BrN4O3S/c1-5-26(3)13-23-19-12-18(22)21(24-14(19)2)29-16-7-6-8-17(11-16)30(4,28)25-20(27)15-9-10-15/h6-8,11-13,15H,5,9-10H2,1-4H3. The molecule has 1 fully saturated rings. The summed E-state index contributed by atoms with van der Waals surface area (Å²) in [5.41, 5.74) is 1.45. The number of aromatic nitrogens is 1. The molecule has 2 aromatic rings. The number of hydrogen-bond donors (Lipinski definition) is 0.